The third-order valence-electron chi connectivity index (χ3n) is 4.14. The number of benzene rings is 1. The van der Waals surface area contributed by atoms with E-state index >= 15 is 0 Å². The van der Waals surface area contributed by atoms with Crippen LogP contribution in [0.1, 0.15) is 24.2 Å². The van der Waals surface area contributed by atoms with Gasteiger partial charge in [0, 0.05) is 26.4 Å². The minimum atomic E-state index is 0.561. The third-order valence-corrected chi connectivity index (χ3v) is 4.14. The van der Waals surface area contributed by atoms with Crippen LogP contribution in [0.25, 0.3) is 5.65 Å². The van der Waals surface area contributed by atoms with Gasteiger partial charge in [0.05, 0.1) is 13.2 Å². The van der Waals surface area contributed by atoms with Crippen molar-refractivity contribution in [3.63, 3.8) is 0 Å². The van der Waals surface area contributed by atoms with E-state index in [1.165, 1.54) is 5.56 Å². The van der Waals surface area contributed by atoms with Crippen molar-refractivity contribution in [3.8, 4) is 0 Å². The van der Waals surface area contributed by atoms with Gasteiger partial charge in [0.25, 0.3) is 0 Å². The second-order valence-corrected chi connectivity index (χ2v) is 6.14. The minimum absolute atomic E-state index is 0.561. The fourth-order valence-electron chi connectivity index (χ4n) is 2.70. The predicted octanol–water partition coefficient (Wildman–Crippen LogP) is 2.39. The van der Waals surface area contributed by atoms with Gasteiger partial charge >= 0.3 is 0 Å². The Balaban J connectivity index is 1.30. The van der Waals surface area contributed by atoms with E-state index in [0.29, 0.717) is 13.2 Å². The first-order valence-corrected chi connectivity index (χ1v) is 9.21. The lowest BCUT2D eigenvalue weighted by Gasteiger charge is -2.11. The molecule has 0 unspecified atom stereocenters. The summed E-state index contributed by atoms with van der Waals surface area (Å²) in [4.78, 5) is 4.25. The summed E-state index contributed by atoms with van der Waals surface area (Å²) in [5.41, 5.74) is 2.05. The highest BCUT2D eigenvalue weighted by Gasteiger charge is 2.05. The first-order valence-electron chi connectivity index (χ1n) is 9.21. The van der Waals surface area contributed by atoms with Crippen LogP contribution < -0.4 is 10.6 Å². The molecular weight excluding hydrogens is 340 g/mol. The smallest absolute Gasteiger partial charge is 0.191 e. The monoisotopic (exact) mass is 366 g/mol. The number of hydrogen-bond acceptors (Lipinski definition) is 4. The van der Waals surface area contributed by atoms with Gasteiger partial charge in [-0.05, 0) is 30.5 Å². The molecule has 0 radical (unpaired) electrons. The first-order chi connectivity index (χ1) is 13.4. The Morgan fingerprint density at radius 3 is 2.74 bits per heavy atom. The maximum atomic E-state index is 5.70. The molecule has 1 aromatic carbocycles. The number of aromatic nitrogens is 3. The van der Waals surface area contributed by atoms with Crippen molar-refractivity contribution in [3.05, 3.63) is 66.1 Å². The number of unbranched alkanes of at least 4 members (excludes halogenated alkanes) is 1. The molecule has 7 heteroatoms. The maximum absolute atomic E-state index is 5.70. The Morgan fingerprint density at radius 1 is 1.04 bits per heavy atom. The van der Waals surface area contributed by atoms with Crippen molar-refractivity contribution in [2.75, 3.05) is 20.2 Å². The molecule has 0 saturated heterocycles. The molecule has 0 saturated carbocycles. The molecule has 3 aromatic rings. The second kappa shape index (κ2) is 10.3. The topological polar surface area (TPSA) is 75.8 Å². The second-order valence-electron chi connectivity index (χ2n) is 6.14. The third kappa shape index (κ3) is 5.79. The van der Waals surface area contributed by atoms with E-state index < -0.39 is 0 Å². The molecule has 2 N–H and O–H groups in total. The Morgan fingerprint density at radius 2 is 1.89 bits per heavy atom. The molecule has 0 aliphatic carbocycles. The number of rotatable bonds is 9. The molecule has 27 heavy (non-hydrogen) atoms. The van der Waals surface area contributed by atoms with Crippen LogP contribution in [0.15, 0.2) is 59.7 Å². The molecule has 2 aromatic heterocycles. The van der Waals surface area contributed by atoms with Crippen LogP contribution in [0.2, 0.25) is 0 Å². The van der Waals surface area contributed by atoms with E-state index in [0.717, 1.165) is 43.4 Å². The molecule has 2 heterocycles. The Labute approximate surface area is 159 Å². The van der Waals surface area contributed by atoms with Gasteiger partial charge in [0.2, 0.25) is 0 Å². The maximum Gasteiger partial charge on any atom is 0.191 e. The van der Waals surface area contributed by atoms with E-state index in [1.54, 1.807) is 7.05 Å². The molecule has 0 spiro atoms. The summed E-state index contributed by atoms with van der Waals surface area (Å²) in [5.74, 6) is 1.61. The summed E-state index contributed by atoms with van der Waals surface area (Å²) >= 11 is 0. The van der Waals surface area contributed by atoms with Crippen LogP contribution in [-0.4, -0.2) is 40.8 Å². The molecule has 0 aliphatic rings. The molecule has 142 valence electrons. The number of nitrogens with zero attached hydrogens (tertiary/aromatic N) is 4. The summed E-state index contributed by atoms with van der Waals surface area (Å²) in [7, 11) is 1.76. The van der Waals surface area contributed by atoms with E-state index in [9.17, 15) is 0 Å². The highest BCUT2D eigenvalue weighted by atomic mass is 16.5. The van der Waals surface area contributed by atoms with Crippen molar-refractivity contribution in [1.29, 1.82) is 0 Å². The predicted molar refractivity (Wildman–Crippen MR) is 107 cm³/mol. The molecule has 0 fully saturated rings. The van der Waals surface area contributed by atoms with Crippen LogP contribution in [0.3, 0.4) is 0 Å². The van der Waals surface area contributed by atoms with Crippen molar-refractivity contribution in [2.24, 2.45) is 4.99 Å². The van der Waals surface area contributed by atoms with Gasteiger partial charge in [-0.25, -0.2) is 0 Å². The van der Waals surface area contributed by atoms with Gasteiger partial charge in [0.1, 0.15) is 0 Å². The number of aliphatic imine (C=N–C) groups is 1. The number of ether oxygens (including phenoxy) is 1. The van der Waals surface area contributed by atoms with Gasteiger partial charge in [-0.1, -0.05) is 36.4 Å². The molecule has 3 rings (SSSR count). The van der Waals surface area contributed by atoms with Gasteiger partial charge in [-0.3, -0.25) is 9.39 Å². The van der Waals surface area contributed by atoms with E-state index in [-0.39, 0.29) is 0 Å². The lowest BCUT2D eigenvalue weighted by molar-refractivity contribution is 0.117. The number of guanidine groups is 1. The lowest BCUT2D eigenvalue weighted by Crippen LogP contribution is -2.37. The van der Waals surface area contributed by atoms with Gasteiger partial charge in [-0.15, -0.1) is 10.2 Å². The normalized spacial score (nSPS) is 11.7. The van der Waals surface area contributed by atoms with Crippen LogP contribution in [-0.2, 0) is 17.9 Å². The van der Waals surface area contributed by atoms with Gasteiger partial charge in [-0.2, -0.15) is 0 Å². The van der Waals surface area contributed by atoms with Crippen molar-refractivity contribution in [2.45, 2.75) is 26.0 Å². The summed E-state index contributed by atoms with van der Waals surface area (Å²) in [5, 5.41) is 14.9. The van der Waals surface area contributed by atoms with Crippen LogP contribution >= 0.6 is 0 Å². The quantitative estimate of drug-likeness (QED) is 0.345. The molecule has 0 aliphatic heterocycles. The van der Waals surface area contributed by atoms with Crippen LogP contribution in [0, 0.1) is 0 Å². The van der Waals surface area contributed by atoms with Gasteiger partial charge < -0.3 is 15.4 Å². The van der Waals surface area contributed by atoms with Gasteiger partial charge in [0.15, 0.2) is 17.4 Å². The zero-order valence-electron chi connectivity index (χ0n) is 15.6. The average molecular weight is 366 g/mol. The first kappa shape index (κ1) is 18.8. The minimum Gasteiger partial charge on any atom is -0.377 e. The fraction of sp³-hybridized carbons (Fsp3) is 0.350. The van der Waals surface area contributed by atoms with Crippen LogP contribution in [0.5, 0.6) is 0 Å². The standard InChI is InChI=1S/C20H26N6O/c1-21-20(23-15-19-25-24-18-11-5-7-13-26(18)19)22-12-6-8-14-27-16-17-9-3-2-4-10-17/h2-5,7,9-11,13H,6,8,12,14-16H2,1H3,(H2,21,22,23). The number of hydrogen-bond donors (Lipinski definition) is 2. The zero-order chi connectivity index (χ0) is 18.7. The Hall–Kier alpha value is -2.93. The van der Waals surface area contributed by atoms with Crippen molar-refractivity contribution in [1.82, 2.24) is 25.2 Å². The summed E-state index contributed by atoms with van der Waals surface area (Å²) in [6, 6.07) is 16.1. The zero-order valence-corrected chi connectivity index (χ0v) is 15.6. The lowest BCUT2D eigenvalue weighted by atomic mass is 10.2. The molecule has 0 atom stereocenters. The Kier molecular flexibility index (Phi) is 7.17. The number of nitrogens with one attached hydrogen (secondary N) is 2. The molecular formula is C20H26N6O. The van der Waals surface area contributed by atoms with Crippen LogP contribution in [0.4, 0.5) is 0 Å². The largest absolute Gasteiger partial charge is 0.377 e. The van der Waals surface area contributed by atoms with Crippen molar-refractivity contribution < 1.29 is 4.74 Å². The van der Waals surface area contributed by atoms with E-state index in [2.05, 4.69) is 38.0 Å². The molecule has 0 bridgehead atoms. The summed E-state index contributed by atoms with van der Waals surface area (Å²) in [6.45, 7) is 2.83. The summed E-state index contributed by atoms with van der Waals surface area (Å²) < 4.78 is 7.66. The number of fused-ring (bicyclic) bond motifs is 1. The molecule has 0 amide bonds. The summed E-state index contributed by atoms with van der Waals surface area (Å²) in [6.07, 6.45) is 3.98. The fourth-order valence-corrected chi connectivity index (χ4v) is 2.70. The highest BCUT2D eigenvalue weighted by molar-refractivity contribution is 5.79. The Bertz CT molecular complexity index is 846. The van der Waals surface area contributed by atoms with E-state index in [4.69, 9.17) is 4.74 Å². The molecule has 7 nitrogen and oxygen atoms in total. The average Bonchev–Trinajstić information content (AvgIpc) is 3.13. The number of pyridine rings is 1. The SMILES string of the molecule is CN=C(NCCCCOCc1ccccc1)NCc1nnc2ccccn12. The highest BCUT2D eigenvalue weighted by Crippen LogP contribution is 2.03. The van der Waals surface area contributed by atoms with E-state index in [1.807, 2.05) is 47.0 Å². The van der Waals surface area contributed by atoms with Crippen molar-refractivity contribution >= 4 is 11.6 Å².